The molecule has 9 heteroatoms. The predicted octanol–water partition coefficient (Wildman–Crippen LogP) is 5.72. The first-order valence-electron chi connectivity index (χ1n) is 12.8. The van der Waals surface area contributed by atoms with Gasteiger partial charge >= 0.3 is 5.97 Å². The summed E-state index contributed by atoms with van der Waals surface area (Å²) in [5.74, 6) is -1.55. The Morgan fingerprint density at radius 3 is 2.33 bits per heavy atom. The number of benzene rings is 3. The van der Waals surface area contributed by atoms with Gasteiger partial charge in [0.05, 0.1) is 38.8 Å². The van der Waals surface area contributed by atoms with Gasteiger partial charge in [-0.15, -0.1) is 0 Å². The SMILES string of the molecule is O=C(COC(=O)c1ccc(N2C(=O)[C@@H]3[C@@H]4C[C@@H]([C@H]3C2=O)[C@@H](c2ccccc2)C4)cc1)Nc1cccc(Cl)c1Cl. The van der Waals surface area contributed by atoms with Crippen molar-refractivity contribution in [2.75, 3.05) is 16.8 Å². The number of anilines is 2. The molecule has 3 amide bonds. The summed E-state index contributed by atoms with van der Waals surface area (Å²) in [7, 11) is 0. The second-order valence-corrected chi connectivity index (χ2v) is 11.0. The lowest BCUT2D eigenvalue weighted by Gasteiger charge is -2.28. The minimum atomic E-state index is -0.714. The number of amides is 3. The van der Waals surface area contributed by atoms with Gasteiger partial charge in [0, 0.05) is 0 Å². The van der Waals surface area contributed by atoms with Crippen molar-refractivity contribution in [1.82, 2.24) is 0 Å². The number of nitrogens with one attached hydrogen (secondary N) is 1. The number of ether oxygens (including phenoxy) is 1. The van der Waals surface area contributed by atoms with Crippen LogP contribution in [0.3, 0.4) is 0 Å². The van der Waals surface area contributed by atoms with Gasteiger partial charge in [0.15, 0.2) is 6.61 Å². The van der Waals surface area contributed by atoms with Gasteiger partial charge in [-0.3, -0.25) is 19.3 Å². The Bertz CT molecular complexity index is 1480. The molecule has 1 saturated heterocycles. The van der Waals surface area contributed by atoms with Gasteiger partial charge < -0.3 is 10.1 Å². The van der Waals surface area contributed by atoms with Crippen molar-refractivity contribution < 1.29 is 23.9 Å². The Labute approximate surface area is 235 Å². The van der Waals surface area contributed by atoms with Crippen LogP contribution in [0, 0.1) is 23.7 Å². The summed E-state index contributed by atoms with van der Waals surface area (Å²) in [6, 6.07) is 21.1. The zero-order chi connectivity index (χ0) is 27.3. The molecule has 3 aromatic rings. The van der Waals surface area contributed by atoms with E-state index in [1.54, 1.807) is 30.3 Å². The predicted molar refractivity (Wildman–Crippen MR) is 147 cm³/mol. The van der Waals surface area contributed by atoms with Gasteiger partial charge in [0.1, 0.15) is 0 Å². The minimum absolute atomic E-state index is 0.157. The number of hydrogen-bond donors (Lipinski definition) is 1. The molecule has 0 radical (unpaired) electrons. The number of esters is 1. The Hall–Kier alpha value is -3.68. The lowest BCUT2D eigenvalue weighted by Crippen LogP contribution is -2.33. The van der Waals surface area contributed by atoms with Gasteiger partial charge in [-0.05, 0) is 72.6 Å². The van der Waals surface area contributed by atoms with Crippen molar-refractivity contribution >= 4 is 58.3 Å². The van der Waals surface area contributed by atoms with E-state index in [4.69, 9.17) is 27.9 Å². The first-order valence-corrected chi connectivity index (χ1v) is 13.5. The standard InChI is InChI=1S/C30H24Cl2N2O5/c31-22-7-4-8-23(27(22)32)33-24(35)15-39-30(38)17-9-11-19(12-10-17)34-28(36)25-18-13-20(16-5-2-1-3-6-16)21(14-18)26(25)29(34)37/h1-12,18,20-21,25-26H,13-15H2,(H,33,35)/t18-,20+,21+,25+,26+/m0/s1. The smallest absolute Gasteiger partial charge is 0.338 e. The maximum absolute atomic E-state index is 13.5. The zero-order valence-electron chi connectivity index (χ0n) is 20.7. The van der Waals surface area contributed by atoms with Crippen LogP contribution in [0.25, 0.3) is 0 Å². The van der Waals surface area contributed by atoms with E-state index in [0.717, 1.165) is 12.8 Å². The number of hydrogen-bond acceptors (Lipinski definition) is 5. The van der Waals surface area contributed by atoms with Crippen molar-refractivity contribution in [2.45, 2.75) is 18.8 Å². The van der Waals surface area contributed by atoms with Gasteiger partial charge in [-0.2, -0.15) is 0 Å². The molecule has 7 nitrogen and oxygen atoms in total. The van der Waals surface area contributed by atoms with Crippen molar-refractivity contribution in [2.24, 2.45) is 23.7 Å². The third-order valence-electron chi connectivity index (χ3n) is 8.16. The van der Waals surface area contributed by atoms with Crippen LogP contribution >= 0.6 is 23.2 Å². The lowest BCUT2D eigenvalue weighted by atomic mass is 9.73. The van der Waals surface area contributed by atoms with Crippen LogP contribution in [-0.2, 0) is 19.1 Å². The molecule has 3 aromatic carbocycles. The van der Waals surface area contributed by atoms with E-state index in [2.05, 4.69) is 17.4 Å². The van der Waals surface area contributed by atoms with Crippen LogP contribution < -0.4 is 10.2 Å². The Balaban J connectivity index is 1.10. The number of fused-ring (bicyclic) bond motifs is 5. The number of carbonyl (C=O) groups is 4. The fourth-order valence-corrected chi connectivity index (χ4v) is 6.89. The molecular weight excluding hydrogens is 539 g/mol. The van der Waals surface area contributed by atoms with Crippen molar-refractivity contribution in [3.8, 4) is 0 Å². The zero-order valence-corrected chi connectivity index (χ0v) is 22.2. The molecule has 2 bridgehead atoms. The highest BCUT2D eigenvalue weighted by Gasteiger charge is 2.64. The fourth-order valence-electron chi connectivity index (χ4n) is 6.55. The molecule has 3 fully saturated rings. The molecule has 1 heterocycles. The van der Waals surface area contributed by atoms with Gasteiger partial charge in [0.2, 0.25) is 11.8 Å². The monoisotopic (exact) mass is 562 g/mol. The molecule has 2 saturated carbocycles. The van der Waals surface area contributed by atoms with Crippen LogP contribution in [0.1, 0.15) is 34.7 Å². The van der Waals surface area contributed by atoms with Gasteiger partial charge in [-0.25, -0.2) is 4.79 Å². The van der Waals surface area contributed by atoms with Crippen LogP contribution in [0.5, 0.6) is 0 Å². The normalized spacial score (nSPS) is 25.1. The molecule has 0 spiro atoms. The minimum Gasteiger partial charge on any atom is -0.452 e. The molecule has 0 unspecified atom stereocenters. The number of halogens is 2. The van der Waals surface area contributed by atoms with Crippen molar-refractivity contribution in [3.05, 3.63) is 94.0 Å². The number of carbonyl (C=O) groups excluding carboxylic acids is 4. The summed E-state index contributed by atoms with van der Waals surface area (Å²) in [6.45, 7) is -0.527. The fraction of sp³-hybridized carbons (Fsp3) is 0.267. The molecule has 6 rings (SSSR count). The van der Waals surface area contributed by atoms with Crippen LogP contribution in [0.2, 0.25) is 10.0 Å². The summed E-state index contributed by atoms with van der Waals surface area (Å²) in [5, 5.41) is 3.02. The first-order chi connectivity index (χ1) is 18.8. The van der Waals surface area contributed by atoms with E-state index in [1.165, 1.54) is 22.6 Å². The summed E-state index contributed by atoms with van der Waals surface area (Å²) in [5.41, 5.74) is 2.16. The highest BCUT2D eigenvalue weighted by atomic mass is 35.5. The molecule has 5 atom stereocenters. The van der Waals surface area contributed by atoms with E-state index in [-0.39, 0.29) is 51.1 Å². The number of imide groups is 1. The molecule has 3 aliphatic rings. The molecule has 1 N–H and O–H groups in total. The summed E-state index contributed by atoms with van der Waals surface area (Å²) in [4.78, 5) is 52.9. The summed E-state index contributed by atoms with van der Waals surface area (Å²) < 4.78 is 5.12. The van der Waals surface area contributed by atoms with Crippen molar-refractivity contribution in [1.29, 1.82) is 0 Å². The Morgan fingerprint density at radius 1 is 0.872 bits per heavy atom. The third kappa shape index (κ3) is 4.49. The quantitative estimate of drug-likeness (QED) is 0.306. The van der Waals surface area contributed by atoms with Crippen LogP contribution in [0.4, 0.5) is 11.4 Å². The molecule has 198 valence electrons. The molecular formula is C30H24Cl2N2O5. The average molecular weight is 563 g/mol. The van der Waals surface area contributed by atoms with Crippen LogP contribution in [-0.4, -0.2) is 30.3 Å². The lowest BCUT2D eigenvalue weighted by molar-refractivity contribution is -0.123. The molecule has 1 aliphatic heterocycles. The summed E-state index contributed by atoms with van der Waals surface area (Å²) in [6.07, 6.45) is 1.83. The van der Waals surface area contributed by atoms with E-state index >= 15 is 0 Å². The topological polar surface area (TPSA) is 92.8 Å². The first kappa shape index (κ1) is 25.6. The third-order valence-corrected chi connectivity index (χ3v) is 8.98. The highest BCUT2D eigenvalue weighted by Crippen LogP contribution is 2.61. The van der Waals surface area contributed by atoms with Crippen LogP contribution in [0.15, 0.2) is 72.8 Å². The molecule has 39 heavy (non-hydrogen) atoms. The van der Waals surface area contributed by atoms with E-state index < -0.39 is 18.5 Å². The number of rotatable bonds is 6. The second-order valence-electron chi connectivity index (χ2n) is 10.2. The average Bonchev–Trinajstić information content (AvgIpc) is 3.62. The Kier molecular flexibility index (Phi) is 6.65. The van der Waals surface area contributed by atoms with Gasteiger partial charge in [-0.1, -0.05) is 59.6 Å². The maximum Gasteiger partial charge on any atom is 0.338 e. The Morgan fingerprint density at radius 2 is 1.59 bits per heavy atom. The van der Waals surface area contributed by atoms with E-state index in [0.29, 0.717) is 17.3 Å². The number of nitrogens with zero attached hydrogens (tertiary/aromatic N) is 1. The van der Waals surface area contributed by atoms with Crippen molar-refractivity contribution in [3.63, 3.8) is 0 Å². The van der Waals surface area contributed by atoms with E-state index in [1.807, 2.05) is 18.2 Å². The largest absolute Gasteiger partial charge is 0.452 e. The highest BCUT2D eigenvalue weighted by molar-refractivity contribution is 6.44. The maximum atomic E-state index is 13.5. The summed E-state index contributed by atoms with van der Waals surface area (Å²) >= 11 is 12.0. The van der Waals surface area contributed by atoms with Gasteiger partial charge in [0.25, 0.3) is 5.91 Å². The second kappa shape index (κ2) is 10.1. The molecule has 0 aromatic heterocycles. The molecule has 2 aliphatic carbocycles. The van der Waals surface area contributed by atoms with E-state index in [9.17, 15) is 19.2 Å².